The molecule has 0 aliphatic heterocycles. The van der Waals surface area contributed by atoms with Gasteiger partial charge < -0.3 is 5.32 Å². The van der Waals surface area contributed by atoms with Crippen molar-refractivity contribution in [2.24, 2.45) is 0 Å². The molecule has 1 nitrogen and oxygen atoms in total. The Balaban J connectivity index is 2.39. The maximum Gasteiger partial charge on any atom is 0.0704 e. The lowest BCUT2D eigenvalue weighted by molar-refractivity contribution is 0.690. The van der Waals surface area contributed by atoms with Crippen molar-refractivity contribution < 1.29 is 0 Å². The van der Waals surface area contributed by atoms with Crippen LogP contribution in [0, 0.1) is 13.8 Å². The average Bonchev–Trinajstić information content (AvgIpc) is 2.62. The molecule has 0 bridgehead atoms. The fourth-order valence-corrected chi connectivity index (χ4v) is 3.75. The fourth-order valence-electron chi connectivity index (χ4n) is 2.01. The highest BCUT2D eigenvalue weighted by molar-refractivity contribution is 9.11. The molecule has 2 aromatic rings. The highest BCUT2D eigenvalue weighted by Gasteiger charge is 2.16. The first-order valence-electron chi connectivity index (χ1n) is 5.61. The molecule has 0 amide bonds. The number of rotatable bonds is 3. The SMILES string of the molecule is CNC(c1ccc(C)cc1)c1cc(Br)sc1C. The van der Waals surface area contributed by atoms with Crippen LogP contribution in [-0.4, -0.2) is 7.05 Å². The quantitative estimate of drug-likeness (QED) is 0.884. The van der Waals surface area contributed by atoms with E-state index in [0.29, 0.717) is 0 Å². The Labute approximate surface area is 115 Å². The second-order valence-electron chi connectivity index (χ2n) is 4.19. The number of thiophene rings is 1. The van der Waals surface area contributed by atoms with Gasteiger partial charge in [0.1, 0.15) is 0 Å². The Kier molecular flexibility index (Phi) is 4.02. The summed E-state index contributed by atoms with van der Waals surface area (Å²) in [5.41, 5.74) is 3.96. The first kappa shape index (κ1) is 12.8. The van der Waals surface area contributed by atoms with Gasteiger partial charge in [0.25, 0.3) is 0 Å². The molecule has 0 saturated heterocycles. The fraction of sp³-hybridized carbons (Fsp3) is 0.286. The molecule has 0 aliphatic rings. The molecule has 17 heavy (non-hydrogen) atoms. The molecule has 1 aromatic carbocycles. The van der Waals surface area contributed by atoms with Crippen molar-refractivity contribution in [3.05, 3.63) is 55.7 Å². The van der Waals surface area contributed by atoms with E-state index in [1.54, 1.807) is 11.3 Å². The van der Waals surface area contributed by atoms with Crippen LogP contribution in [0.5, 0.6) is 0 Å². The number of halogens is 1. The average molecular weight is 310 g/mol. The maximum atomic E-state index is 3.56. The van der Waals surface area contributed by atoms with Crippen LogP contribution in [0.2, 0.25) is 0 Å². The van der Waals surface area contributed by atoms with Crippen molar-refractivity contribution in [1.29, 1.82) is 0 Å². The van der Waals surface area contributed by atoms with E-state index >= 15 is 0 Å². The number of nitrogens with one attached hydrogen (secondary N) is 1. The van der Waals surface area contributed by atoms with E-state index in [1.165, 1.54) is 25.4 Å². The van der Waals surface area contributed by atoms with Gasteiger partial charge in [-0.25, -0.2) is 0 Å². The number of benzene rings is 1. The van der Waals surface area contributed by atoms with E-state index in [1.807, 2.05) is 7.05 Å². The monoisotopic (exact) mass is 309 g/mol. The summed E-state index contributed by atoms with van der Waals surface area (Å²) < 4.78 is 1.19. The van der Waals surface area contributed by atoms with E-state index in [4.69, 9.17) is 0 Å². The third-order valence-corrected chi connectivity index (χ3v) is 4.51. The van der Waals surface area contributed by atoms with E-state index in [9.17, 15) is 0 Å². The van der Waals surface area contributed by atoms with Crippen LogP contribution in [0.25, 0.3) is 0 Å². The van der Waals surface area contributed by atoms with Gasteiger partial charge in [-0.2, -0.15) is 0 Å². The second kappa shape index (κ2) is 5.34. The molecular weight excluding hydrogens is 294 g/mol. The molecule has 0 spiro atoms. The summed E-state index contributed by atoms with van der Waals surface area (Å²) in [4.78, 5) is 1.36. The molecule has 1 unspecified atom stereocenters. The molecule has 0 fully saturated rings. The van der Waals surface area contributed by atoms with Gasteiger partial charge in [-0.3, -0.25) is 0 Å². The first-order chi connectivity index (χ1) is 8.11. The lowest BCUT2D eigenvalue weighted by atomic mass is 9.99. The zero-order valence-electron chi connectivity index (χ0n) is 10.3. The predicted molar refractivity (Wildman–Crippen MR) is 78.8 cm³/mol. The normalized spacial score (nSPS) is 12.7. The van der Waals surface area contributed by atoms with E-state index in [-0.39, 0.29) is 6.04 Å². The molecule has 1 atom stereocenters. The molecular formula is C14H16BrNS. The number of hydrogen-bond donors (Lipinski definition) is 1. The van der Waals surface area contributed by atoms with Gasteiger partial charge in [0, 0.05) is 4.88 Å². The smallest absolute Gasteiger partial charge is 0.0704 e. The van der Waals surface area contributed by atoms with E-state index in [2.05, 4.69) is 65.4 Å². The molecule has 0 aliphatic carbocycles. The zero-order valence-corrected chi connectivity index (χ0v) is 12.7. The minimum Gasteiger partial charge on any atom is -0.309 e. The second-order valence-corrected chi connectivity index (χ2v) is 6.83. The summed E-state index contributed by atoms with van der Waals surface area (Å²) in [6.45, 7) is 4.29. The largest absolute Gasteiger partial charge is 0.309 e. The van der Waals surface area contributed by atoms with Gasteiger partial charge in [0.05, 0.1) is 9.83 Å². The number of hydrogen-bond acceptors (Lipinski definition) is 2. The Bertz CT molecular complexity index is 501. The minimum atomic E-state index is 0.276. The molecule has 1 aromatic heterocycles. The minimum absolute atomic E-state index is 0.276. The van der Waals surface area contributed by atoms with Crippen molar-refractivity contribution in [1.82, 2.24) is 5.32 Å². The zero-order chi connectivity index (χ0) is 12.4. The first-order valence-corrected chi connectivity index (χ1v) is 7.22. The van der Waals surface area contributed by atoms with E-state index < -0.39 is 0 Å². The third kappa shape index (κ3) is 2.79. The molecule has 1 N–H and O–H groups in total. The summed E-state index contributed by atoms with van der Waals surface area (Å²) in [5.74, 6) is 0. The van der Waals surface area contributed by atoms with Crippen LogP contribution in [-0.2, 0) is 0 Å². The van der Waals surface area contributed by atoms with Gasteiger partial charge in [0.15, 0.2) is 0 Å². The van der Waals surface area contributed by atoms with Crippen LogP contribution >= 0.6 is 27.3 Å². The summed E-state index contributed by atoms with van der Waals surface area (Å²) in [7, 11) is 2.01. The van der Waals surface area contributed by atoms with Crippen LogP contribution in [0.4, 0.5) is 0 Å². The van der Waals surface area contributed by atoms with Crippen LogP contribution in [0.1, 0.15) is 27.6 Å². The van der Waals surface area contributed by atoms with Crippen molar-refractivity contribution in [3.8, 4) is 0 Å². The van der Waals surface area contributed by atoms with Gasteiger partial charge >= 0.3 is 0 Å². The lowest BCUT2D eigenvalue weighted by Gasteiger charge is -2.17. The summed E-state index contributed by atoms with van der Waals surface area (Å²) in [6, 6.07) is 11.2. The third-order valence-electron chi connectivity index (χ3n) is 2.94. The topological polar surface area (TPSA) is 12.0 Å². The van der Waals surface area contributed by atoms with Crippen molar-refractivity contribution in [3.63, 3.8) is 0 Å². The van der Waals surface area contributed by atoms with Crippen LogP contribution in [0.15, 0.2) is 34.1 Å². The van der Waals surface area contributed by atoms with Crippen LogP contribution < -0.4 is 5.32 Å². The Morgan fingerprint density at radius 3 is 2.29 bits per heavy atom. The molecule has 1 heterocycles. The van der Waals surface area contributed by atoms with Gasteiger partial charge in [-0.1, -0.05) is 29.8 Å². The highest BCUT2D eigenvalue weighted by Crippen LogP contribution is 2.33. The lowest BCUT2D eigenvalue weighted by Crippen LogP contribution is -2.17. The van der Waals surface area contributed by atoms with Gasteiger partial charge in [-0.05, 0) is 54.0 Å². The van der Waals surface area contributed by atoms with Crippen molar-refractivity contribution in [2.45, 2.75) is 19.9 Å². The van der Waals surface area contributed by atoms with E-state index in [0.717, 1.165) is 0 Å². The van der Waals surface area contributed by atoms with Gasteiger partial charge in [-0.15, -0.1) is 11.3 Å². The molecule has 2 rings (SSSR count). The molecule has 90 valence electrons. The predicted octanol–water partition coefficient (Wildman–Crippen LogP) is 4.44. The summed E-state index contributed by atoms with van der Waals surface area (Å²) >= 11 is 5.34. The maximum absolute atomic E-state index is 3.56. The summed E-state index contributed by atoms with van der Waals surface area (Å²) in [5, 5.41) is 3.39. The van der Waals surface area contributed by atoms with Crippen molar-refractivity contribution in [2.75, 3.05) is 7.05 Å². The Morgan fingerprint density at radius 2 is 1.82 bits per heavy atom. The van der Waals surface area contributed by atoms with Crippen LogP contribution in [0.3, 0.4) is 0 Å². The Hall–Kier alpha value is -0.640. The number of aryl methyl sites for hydroxylation is 2. The van der Waals surface area contributed by atoms with Crippen molar-refractivity contribution >= 4 is 27.3 Å². The molecule has 0 radical (unpaired) electrons. The summed E-state index contributed by atoms with van der Waals surface area (Å²) in [6.07, 6.45) is 0. The van der Waals surface area contributed by atoms with Gasteiger partial charge in [0.2, 0.25) is 0 Å². The molecule has 3 heteroatoms. The molecule has 0 saturated carbocycles. The Morgan fingerprint density at radius 1 is 1.18 bits per heavy atom. The standard InChI is InChI=1S/C14H16BrNS/c1-9-4-6-11(7-5-9)14(16-3)12-8-13(15)17-10(12)2/h4-8,14,16H,1-3H3. The highest BCUT2D eigenvalue weighted by atomic mass is 79.9.